The van der Waals surface area contributed by atoms with Crippen molar-refractivity contribution in [3.05, 3.63) is 69.8 Å². The van der Waals surface area contributed by atoms with Crippen LogP contribution < -0.4 is 0 Å². The van der Waals surface area contributed by atoms with E-state index >= 15 is 0 Å². The second kappa shape index (κ2) is 27.4. The molecule has 0 aromatic heterocycles. The molecular weight excluding hydrogens is 1180 g/mol. The van der Waals surface area contributed by atoms with Gasteiger partial charge in [-0.1, -0.05) is 184 Å². The predicted molar refractivity (Wildman–Crippen MR) is 298 cm³/mol. The van der Waals surface area contributed by atoms with E-state index < -0.39 is 48.4 Å². The zero-order valence-electron chi connectivity index (χ0n) is 43.1. The van der Waals surface area contributed by atoms with E-state index in [0.29, 0.717) is 17.8 Å². The molecule has 0 amide bonds. The Kier molecular flexibility index (Phi) is 29.6. The van der Waals surface area contributed by atoms with E-state index in [1.807, 2.05) is 0 Å². The Labute approximate surface area is 419 Å². The van der Waals surface area contributed by atoms with Crippen LogP contribution in [-0.2, 0) is 0 Å². The normalized spacial score (nSPS) is 13.2. The van der Waals surface area contributed by atoms with Crippen LogP contribution in [0.2, 0.25) is 118 Å². The topological polar surface area (TPSA) is 0 Å². The molecule has 0 spiro atoms. The first-order valence-corrected chi connectivity index (χ1v) is 57.4. The summed E-state index contributed by atoms with van der Waals surface area (Å²) in [5.41, 5.74) is 9.42. The van der Waals surface area contributed by atoms with Crippen molar-refractivity contribution in [3.63, 3.8) is 0 Å². The molecular formula is C48H94Se4Si6Sn. The molecule has 11 heteroatoms. The van der Waals surface area contributed by atoms with Gasteiger partial charge in [-0.2, -0.15) is 0 Å². The molecule has 0 aliphatic rings. The summed E-state index contributed by atoms with van der Waals surface area (Å²) in [4.78, 5) is 0. The Bertz CT molecular complexity index is 1230. The van der Waals surface area contributed by atoms with Crippen LogP contribution in [0.1, 0.15) is 147 Å². The van der Waals surface area contributed by atoms with Crippen molar-refractivity contribution in [1.29, 1.82) is 0 Å². The molecule has 0 N–H and O–H groups in total. The average Bonchev–Trinajstić information content (AvgIpc) is 3.03. The summed E-state index contributed by atoms with van der Waals surface area (Å²) in [5, 5.41) is 2.32. The van der Waals surface area contributed by atoms with Gasteiger partial charge in [0, 0.05) is 48.4 Å². The molecule has 0 heterocycles. The standard InChI is InChI=1S/C27H59Si6.C21H35.H2Se4.Sn/c1-28(2,3)25(29(4,5)6)22-19-23(26(30(7,8)9)31(10,11)12)21-24(20-22)27(32(13,14)15)33(16,17)18;1-7-16(8-2)19-13-20(17(9-3)10-4)15-21(14-19)18(11-5)12-6;1-3-4-2;/h19-20,25-27H,1-18H3;13-14,16-18H,7-12H2,1-6H3;1-2H;/q;;;+2/p-2. The first kappa shape index (κ1) is 63.7. The molecule has 0 aliphatic carbocycles. The van der Waals surface area contributed by atoms with Gasteiger partial charge in [0.05, 0.1) is 0 Å². The van der Waals surface area contributed by atoms with E-state index in [9.17, 15) is 0 Å². The van der Waals surface area contributed by atoms with Gasteiger partial charge in [0.25, 0.3) is 0 Å². The van der Waals surface area contributed by atoms with Crippen LogP contribution in [0.15, 0.2) is 24.3 Å². The van der Waals surface area contributed by atoms with Crippen molar-refractivity contribution < 1.29 is 0 Å². The van der Waals surface area contributed by atoms with E-state index in [1.165, 1.54) is 49.7 Å². The average molecular weight is 1270 g/mol. The zero-order chi connectivity index (χ0) is 45.8. The van der Waals surface area contributed by atoms with Crippen LogP contribution in [0, 0.1) is 12.1 Å². The number of benzene rings is 2. The van der Waals surface area contributed by atoms with Crippen molar-refractivity contribution in [2.24, 2.45) is 0 Å². The molecule has 0 nitrogen and oxygen atoms in total. The van der Waals surface area contributed by atoms with Crippen molar-refractivity contribution in [1.82, 2.24) is 0 Å². The van der Waals surface area contributed by atoms with Crippen molar-refractivity contribution in [2.75, 3.05) is 0 Å². The van der Waals surface area contributed by atoms with Gasteiger partial charge in [0.2, 0.25) is 0 Å². The van der Waals surface area contributed by atoms with Gasteiger partial charge in [-0.25, -0.2) is 0 Å². The number of rotatable bonds is 19. The molecule has 0 bridgehead atoms. The summed E-state index contributed by atoms with van der Waals surface area (Å²) in [6, 6.07) is 18.4. The van der Waals surface area contributed by atoms with Crippen molar-refractivity contribution in [2.45, 2.75) is 231 Å². The first-order valence-electron chi connectivity index (χ1n) is 23.0. The maximum absolute atomic E-state index is 4.24. The third-order valence-corrected chi connectivity index (χ3v) is 60.5. The summed E-state index contributed by atoms with van der Waals surface area (Å²) in [6.45, 7) is 60.9. The van der Waals surface area contributed by atoms with Crippen LogP contribution >= 0.6 is 0 Å². The van der Waals surface area contributed by atoms with E-state index in [1.54, 1.807) is 22.3 Å². The monoisotopic (exact) mass is 1280 g/mol. The molecule has 0 saturated heterocycles. The van der Waals surface area contributed by atoms with Gasteiger partial charge >= 0.3 is 74.9 Å². The Morgan fingerprint density at radius 2 is 0.593 bits per heavy atom. The maximum atomic E-state index is 4.24. The molecule has 338 valence electrons. The summed E-state index contributed by atoms with van der Waals surface area (Å²) in [6.07, 6.45) is 7.38. The SMILES string of the molecule is CCC(CC)c1[c]c(C(CC)CC)cc(C(CC)CC)c1.C[Si](C)(C)C(c1[c]c(C([Si](C)(C)C)[Si](C)(C)C)cc(C([Si](C)(C)C)[Si](C)(C)C)c1)[Si](C)(C)C.[Se-][Se][Se][Se-].[Sn+2]. The van der Waals surface area contributed by atoms with Gasteiger partial charge in [-0.05, 0) is 117 Å². The quantitative estimate of drug-likeness (QED) is 0.123. The number of hydrogen-bond donors (Lipinski definition) is 0. The second-order valence-corrected chi connectivity index (χ2v) is 76.4. The third-order valence-electron chi connectivity index (χ3n) is 12.4. The third kappa shape index (κ3) is 21.0. The van der Waals surface area contributed by atoms with Crippen LogP contribution in [0.5, 0.6) is 0 Å². The molecule has 2 aromatic rings. The zero-order valence-corrected chi connectivity index (χ0v) is 58.9. The summed E-state index contributed by atoms with van der Waals surface area (Å²) >= 11 is 7.50. The van der Waals surface area contributed by atoms with Crippen molar-refractivity contribution in [3.8, 4) is 0 Å². The minimum absolute atomic E-state index is 0. The summed E-state index contributed by atoms with van der Waals surface area (Å²) < 4.78 is 0. The molecule has 59 heavy (non-hydrogen) atoms. The van der Waals surface area contributed by atoms with Crippen LogP contribution in [0.4, 0.5) is 0 Å². The minimum atomic E-state index is -1.39. The largest absolute Gasteiger partial charge is 2.00 e. The van der Waals surface area contributed by atoms with Crippen LogP contribution in [-0.4, -0.2) is 123 Å². The molecule has 2 rings (SSSR count). The van der Waals surface area contributed by atoms with E-state index in [0.717, 1.165) is 38.1 Å². The smallest absolute Gasteiger partial charge is 2.00 e. The van der Waals surface area contributed by atoms with Gasteiger partial charge < -0.3 is 0 Å². The van der Waals surface area contributed by atoms with E-state index in [4.69, 9.17) is 0 Å². The fourth-order valence-corrected chi connectivity index (χ4v) is 49.3. The minimum Gasteiger partial charge on any atom is 2.00 e. The molecule has 0 atom stereocenters. The Hall–Kier alpha value is 2.62. The Morgan fingerprint density at radius 1 is 0.373 bits per heavy atom. The van der Waals surface area contributed by atoms with E-state index in [2.05, 4.69) is 224 Å². The summed E-state index contributed by atoms with van der Waals surface area (Å²) in [7, 11) is -8.28. The second-order valence-electron chi connectivity index (χ2n) is 23.8. The Morgan fingerprint density at radius 3 is 0.797 bits per heavy atom. The molecule has 0 unspecified atom stereocenters. The van der Waals surface area contributed by atoms with Crippen LogP contribution in [0.25, 0.3) is 0 Å². The maximum Gasteiger partial charge on any atom is 2.00 e. The predicted octanol–water partition coefficient (Wildman–Crippen LogP) is 15.3. The fourth-order valence-electron chi connectivity index (χ4n) is 11.4. The van der Waals surface area contributed by atoms with Gasteiger partial charge in [0.1, 0.15) is 0 Å². The fraction of sp³-hybridized carbons (Fsp3) is 0.750. The number of hydrogen-bond acceptors (Lipinski definition) is 0. The van der Waals surface area contributed by atoms with Gasteiger partial charge in [0.15, 0.2) is 0 Å². The van der Waals surface area contributed by atoms with Crippen LogP contribution in [0.3, 0.4) is 0 Å². The van der Waals surface area contributed by atoms with Gasteiger partial charge in [-0.3, -0.25) is 0 Å². The van der Waals surface area contributed by atoms with E-state index in [-0.39, 0.29) is 23.9 Å². The summed E-state index contributed by atoms with van der Waals surface area (Å²) in [5.74, 6) is 2.06. The van der Waals surface area contributed by atoms with Crippen molar-refractivity contribution >= 4 is 123 Å². The Balaban J connectivity index is 0. The molecule has 2 aromatic carbocycles. The first-order chi connectivity index (χ1) is 26.2. The van der Waals surface area contributed by atoms with Gasteiger partial charge in [-0.15, -0.1) is 0 Å². The molecule has 0 aliphatic heterocycles. The molecule has 0 saturated carbocycles. The molecule has 4 radical (unpaired) electrons. The molecule has 0 fully saturated rings.